The van der Waals surface area contributed by atoms with Gasteiger partial charge in [0.15, 0.2) is 0 Å². The smallest absolute Gasteiger partial charge is 0.393 e. The maximum atomic E-state index is 13.2. The van der Waals surface area contributed by atoms with Gasteiger partial charge in [-0.2, -0.15) is 26.7 Å². The summed E-state index contributed by atoms with van der Waals surface area (Å²) in [6.45, 7) is -0.221. The van der Waals surface area contributed by atoms with Crippen molar-refractivity contribution in [3.05, 3.63) is 77.4 Å². The highest BCUT2D eigenvalue weighted by Crippen LogP contribution is 2.31. The van der Waals surface area contributed by atoms with E-state index in [0.717, 1.165) is 12.1 Å². The maximum Gasteiger partial charge on any atom is 0.416 e. The fourth-order valence-electron chi connectivity index (χ4n) is 4.24. The van der Waals surface area contributed by atoms with Crippen LogP contribution in [0.3, 0.4) is 0 Å². The standard InChI is InChI=1S/C23H24F3N5O5S/c24-23(25,26)16-3-1-2-14(8-16)12-31-7-5-20(30-31)22(33)18-11-28-6-4-19(18)29-17-9-15(21(32)10-17)13-36-37(27,34)35/h1-8,11,15,17,21,32H,9-10,12-13H2,(H,28,29)(H2,27,34,35)/t15-,17-,21+/m1/s1. The van der Waals surface area contributed by atoms with E-state index in [4.69, 9.17) is 5.14 Å². The molecule has 4 rings (SSSR count). The predicted octanol–water partition coefficient (Wildman–Crippen LogP) is 2.35. The Morgan fingerprint density at radius 3 is 2.76 bits per heavy atom. The SMILES string of the molecule is NS(=O)(=O)OC[C@H]1C[C@@H](Nc2ccncc2C(=O)c2ccn(Cc3cccc(C(F)(F)F)c3)n2)C[C@@H]1O. The molecule has 0 unspecified atom stereocenters. The second-order valence-corrected chi connectivity index (χ2v) is 9.99. The van der Waals surface area contributed by atoms with E-state index in [1.165, 1.54) is 35.4 Å². The molecule has 1 aliphatic carbocycles. The van der Waals surface area contributed by atoms with Gasteiger partial charge in [0, 0.05) is 36.2 Å². The molecule has 0 amide bonds. The highest BCUT2D eigenvalue weighted by molar-refractivity contribution is 7.84. The number of hydrogen-bond donors (Lipinski definition) is 3. The van der Waals surface area contributed by atoms with E-state index in [0.29, 0.717) is 24.1 Å². The van der Waals surface area contributed by atoms with Crippen LogP contribution in [0.1, 0.15) is 40.0 Å². The Hall–Kier alpha value is -3.33. The average molecular weight is 540 g/mol. The summed E-state index contributed by atoms with van der Waals surface area (Å²) < 4.78 is 67.0. The number of carbonyl (C=O) groups excluding carboxylic acids is 1. The summed E-state index contributed by atoms with van der Waals surface area (Å²) in [5, 5.41) is 22.5. The summed E-state index contributed by atoms with van der Waals surface area (Å²) in [7, 11) is -4.13. The first-order chi connectivity index (χ1) is 17.4. The van der Waals surface area contributed by atoms with Crippen molar-refractivity contribution in [2.45, 2.75) is 37.7 Å². The number of rotatable bonds is 9. The number of pyridine rings is 1. The number of benzene rings is 1. The molecule has 198 valence electrons. The zero-order chi connectivity index (χ0) is 26.8. The lowest BCUT2D eigenvalue weighted by atomic mass is 10.1. The van der Waals surface area contributed by atoms with Crippen molar-refractivity contribution in [2.24, 2.45) is 11.1 Å². The van der Waals surface area contributed by atoms with Crippen LogP contribution in [0.15, 0.2) is 55.0 Å². The molecule has 0 spiro atoms. The molecular formula is C23H24F3N5O5S. The summed E-state index contributed by atoms with van der Waals surface area (Å²) >= 11 is 0. The zero-order valence-corrected chi connectivity index (χ0v) is 20.1. The Balaban J connectivity index is 1.45. The van der Waals surface area contributed by atoms with Crippen LogP contribution >= 0.6 is 0 Å². The quantitative estimate of drug-likeness (QED) is 0.351. The fraction of sp³-hybridized carbons (Fsp3) is 0.348. The van der Waals surface area contributed by atoms with Gasteiger partial charge in [-0.1, -0.05) is 12.1 Å². The lowest BCUT2D eigenvalue weighted by Crippen LogP contribution is -2.24. The fourth-order valence-corrected chi connectivity index (χ4v) is 4.61. The number of alkyl halides is 3. The first kappa shape index (κ1) is 26.7. The van der Waals surface area contributed by atoms with Crippen LogP contribution in [0.2, 0.25) is 0 Å². The normalized spacial score (nSPS) is 20.2. The zero-order valence-electron chi connectivity index (χ0n) is 19.3. The third-order valence-corrected chi connectivity index (χ3v) is 6.47. The number of nitrogens with two attached hydrogens (primary N) is 1. The molecule has 14 heteroatoms. The predicted molar refractivity (Wildman–Crippen MR) is 126 cm³/mol. The maximum absolute atomic E-state index is 13.2. The van der Waals surface area contributed by atoms with Gasteiger partial charge in [-0.15, -0.1) is 0 Å². The minimum Gasteiger partial charge on any atom is -0.393 e. The Morgan fingerprint density at radius 1 is 1.24 bits per heavy atom. The molecule has 4 N–H and O–H groups in total. The Morgan fingerprint density at radius 2 is 2.03 bits per heavy atom. The molecule has 2 aromatic heterocycles. The summed E-state index contributed by atoms with van der Waals surface area (Å²) in [6, 6.07) is 7.64. The number of ketones is 1. The molecule has 1 aromatic carbocycles. The highest BCUT2D eigenvalue weighted by atomic mass is 32.2. The summed E-state index contributed by atoms with van der Waals surface area (Å²) in [6.07, 6.45) is -0.275. The molecule has 3 aromatic rings. The minimum absolute atomic E-state index is 0.0390. The lowest BCUT2D eigenvalue weighted by Gasteiger charge is -2.16. The number of halogens is 3. The van der Waals surface area contributed by atoms with E-state index in [9.17, 15) is 31.5 Å². The number of hydrogen-bond acceptors (Lipinski definition) is 8. The Kier molecular flexibility index (Phi) is 7.64. The number of aliphatic hydroxyl groups excluding tert-OH is 1. The Bertz CT molecular complexity index is 1380. The molecule has 1 saturated carbocycles. The van der Waals surface area contributed by atoms with Gasteiger partial charge in [-0.3, -0.25) is 18.6 Å². The number of aromatic nitrogens is 3. The number of carbonyl (C=O) groups is 1. The number of nitrogens with zero attached hydrogens (tertiary/aromatic N) is 3. The first-order valence-corrected chi connectivity index (χ1v) is 12.7. The third-order valence-electron chi connectivity index (χ3n) is 6.00. The van der Waals surface area contributed by atoms with Crippen LogP contribution < -0.4 is 10.5 Å². The van der Waals surface area contributed by atoms with Gasteiger partial charge in [-0.25, -0.2) is 5.14 Å². The second kappa shape index (κ2) is 10.6. The summed E-state index contributed by atoms with van der Waals surface area (Å²) in [4.78, 5) is 17.2. The topological polar surface area (TPSA) is 149 Å². The third kappa shape index (κ3) is 6.91. The van der Waals surface area contributed by atoms with Crippen LogP contribution in [0.5, 0.6) is 0 Å². The minimum atomic E-state index is -4.46. The van der Waals surface area contributed by atoms with E-state index in [-0.39, 0.29) is 30.5 Å². The van der Waals surface area contributed by atoms with Crippen LogP contribution in [0.25, 0.3) is 0 Å². The molecule has 3 atom stereocenters. The molecule has 37 heavy (non-hydrogen) atoms. The number of nitrogens with one attached hydrogen (secondary N) is 1. The van der Waals surface area contributed by atoms with E-state index in [1.54, 1.807) is 12.1 Å². The van der Waals surface area contributed by atoms with Crippen LogP contribution in [0, 0.1) is 5.92 Å². The van der Waals surface area contributed by atoms with Crippen LogP contribution in [0.4, 0.5) is 18.9 Å². The monoisotopic (exact) mass is 539 g/mol. The molecule has 10 nitrogen and oxygen atoms in total. The van der Waals surface area contributed by atoms with Crippen LogP contribution in [-0.4, -0.2) is 52.8 Å². The van der Waals surface area contributed by atoms with Gasteiger partial charge in [-0.05, 0) is 42.7 Å². The molecular weight excluding hydrogens is 515 g/mol. The van der Waals surface area contributed by atoms with Gasteiger partial charge < -0.3 is 10.4 Å². The summed E-state index contributed by atoms with van der Waals surface area (Å²) in [5.41, 5.74) is 0.341. The summed E-state index contributed by atoms with van der Waals surface area (Å²) in [5.74, 6) is -0.922. The van der Waals surface area contributed by atoms with Crippen molar-refractivity contribution in [3.63, 3.8) is 0 Å². The van der Waals surface area contributed by atoms with E-state index in [2.05, 4.69) is 19.6 Å². The van der Waals surface area contributed by atoms with Gasteiger partial charge in [0.2, 0.25) is 5.78 Å². The molecule has 2 heterocycles. The van der Waals surface area contributed by atoms with Gasteiger partial charge in [0.05, 0.1) is 30.4 Å². The van der Waals surface area contributed by atoms with Crippen molar-refractivity contribution < 1.29 is 35.7 Å². The molecule has 1 aliphatic rings. The van der Waals surface area contributed by atoms with Crippen molar-refractivity contribution in [3.8, 4) is 0 Å². The molecule has 0 bridgehead atoms. The van der Waals surface area contributed by atoms with E-state index in [1.807, 2.05) is 0 Å². The molecule has 1 fully saturated rings. The van der Waals surface area contributed by atoms with Crippen molar-refractivity contribution in [1.82, 2.24) is 14.8 Å². The molecule has 0 radical (unpaired) electrons. The first-order valence-electron chi connectivity index (χ1n) is 11.2. The van der Waals surface area contributed by atoms with Gasteiger partial charge >= 0.3 is 16.5 Å². The number of anilines is 1. The second-order valence-electron chi connectivity index (χ2n) is 8.76. The van der Waals surface area contributed by atoms with Crippen molar-refractivity contribution in [2.75, 3.05) is 11.9 Å². The van der Waals surface area contributed by atoms with E-state index < -0.39 is 39.8 Å². The largest absolute Gasteiger partial charge is 0.416 e. The molecule has 0 saturated heterocycles. The van der Waals surface area contributed by atoms with E-state index >= 15 is 0 Å². The van der Waals surface area contributed by atoms with Crippen LogP contribution in [-0.2, 0) is 27.2 Å². The lowest BCUT2D eigenvalue weighted by molar-refractivity contribution is -0.137. The van der Waals surface area contributed by atoms with Gasteiger partial charge in [0.25, 0.3) is 0 Å². The Labute approximate surface area is 210 Å². The average Bonchev–Trinajstić information content (AvgIpc) is 3.43. The van der Waals surface area contributed by atoms with Crippen molar-refractivity contribution >= 4 is 21.8 Å². The highest BCUT2D eigenvalue weighted by Gasteiger charge is 2.34. The van der Waals surface area contributed by atoms with Gasteiger partial charge in [0.1, 0.15) is 5.69 Å². The molecule has 0 aliphatic heterocycles. The van der Waals surface area contributed by atoms with Crippen molar-refractivity contribution in [1.29, 1.82) is 0 Å². The number of aliphatic hydroxyl groups is 1.